The van der Waals surface area contributed by atoms with Crippen molar-refractivity contribution >= 4 is 22.8 Å². The number of benzene rings is 3. The molecule has 0 bridgehead atoms. The molecule has 1 aliphatic rings. The van der Waals surface area contributed by atoms with Crippen LogP contribution in [0.15, 0.2) is 72.8 Å². The van der Waals surface area contributed by atoms with E-state index in [1.165, 1.54) is 12.1 Å². The maximum Gasteiger partial charge on any atom is 0.490 e. The number of carbonyl (C=O) groups excluding carboxylic acids is 1. The van der Waals surface area contributed by atoms with Crippen molar-refractivity contribution in [1.82, 2.24) is 14.8 Å². The molecule has 1 aliphatic heterocycles. The lowest BCUT2D eigenvalue weighted by molar-refractivity contribution is -0.192. The van der Waals surface area contributed by atoms with E-state index in [0.29, 0.717) is 30.3 Å². The second-order valence-corrected chi connectivity index (χ2v) is 8.73. The fraction of sp³-hybridized carbons (Fsp3) is 0.214. The van der Waals surface area contributed by atoms with Crippen LogP contribution in [-0.4, -0.2) is 58.8 Å². The Morgan fingerprint density at radius 3 is 2.21 bits per heavy atom. The standard InChI is InChI=1S/C26H24FN3O2.C2HF3O2/c1-18-11-12-19(27)17-23(18)32-26-24(25(31)29-15-13-28-14-16-29)21-9-5-6-10-22(21)30(26)20-7-3-2-4-8-20;3-2(4,5)1(6)7/h2-12,17,28H,13-16H2,1H3;(H,6,7). The summed E-state index contributed by atoms with van der Waals surface area (Å²) in [5, 5.41) is 11.2. The maximum atomic E-state index is 14.1. The Morgan fingerprint density at radius 1 is 0.949 bits per heavy atom. The average Bonchev–Trinajstić information content (AvgIpc) is 3.24. The van der Waals surface area contributed by atoms with Crippen LogP contribution in [0, 0.1) is 12.7 Å². The van der Waals surface area contributed by atoms with E-state index >= 15 is 0 Å². The number of hydrogen-bond donors (Lipinski definition) is 2. The first-order valence-electron chi connectivity index (χ1n) is 12.0. The van der Waals surface area contributed by atoms with Crippen LogP contribution >= 0.6 is 0 Å². The van der Waals surface area contributed by atoms with E-state index in [4.69, 9.17) is 14.6 Å². The Bertz CT molecular complexity index is 1480. The first kappa shape index (κ1) is 27.6. The number of fused-ring (bicyclic) bond motifs is 1. The number of nitrogens with zero attached hydrogens (tertiary/aromatic N) is 2. The van der Waals surface area contributed by atoms with E-state index in [2.05, 4.69) is 5.32 Å². The minimum absolute atomic E-state index is 0.0820. The van der Waals surface area contributed by atoms with Gasteiger partial charge >= 0.3 is 12.1 Å². The van der Waals surface area contributed by atoms with E-state index < -0.39 is 12.1 Å². The van der Waals surface area contributed by atoms with Crippen LogP contribution in [0.2, 0.25) is 0 Å². The third-order valence-corrected chi connectivity index (χ3v) is 6.06. The number of alkyl halides is 3. The number of carboxylic acid groups (broad SMARTS) is 1. The van der Waals surface area contributed by atoms with Gasteiger partial charge in [0.15, 0.2) is 0 Å². The average molecular weight is 544 g/mol. The molecule has 2 N–H and O–H groups in total. The highest BCUT2D eigenvalue weighted by Crippen LogP contribution is 2.39. The number of hydrogen-bond acceptors (Lipinski definition) is 4. The minimum Gasteiger partial charge on any atom is -0.475 e. The molecule has 204 valence electrons. The van der Waals surface area contributed by atoms with Gasteiger partial charge in [-0.25, -0.2) is 9.18 Å². The smallest absolute Gasteiger partial charge is 0.475 e. The molecule has 0 saturated carbocycles. The number of carbonyl (C=O) groups is 2. The summed E-state index contributed by atoms with van der Waals surface area (Å²) >= 11 is 0. The normalized spacial score (nSPS) is 13.5. The van der Waals surface area contributed by atoms with Crippen molar-refractivity contribution in [2.75, 3.05) is 26.2 Å². The molecule has 1 amide bonds. The van der Waals surface area contributed by atoms with Crippen LogP contribution in [0.4, 0.5) is 17.6 Å². The molecule has 7 nitrogen and oxygen atoms in total. The highest BCUT2D eigenvalue weighted by atomic mass is 19.4. The molecule has 1 fully saturated rings. The number of para-hydroxylation sites is 2. The zero-order valence-electron chi connectivity index (χ0n) is 20.8. The first-order chi connectivity index (χ1) is 18.6. The van der Waals surface area contributed by atoms with Crippen LogP contribution in [0.1, 0.15) is 15.9 Å². The third kappa shape index (κ3) is 6.20. The van der Waals surface area contributed by atoms with Crippen LogP contribution in [0.5, 0.6) is 11.6 Å². The number of aliphatic carboxylic acids is 1. The number of halogens is 4. The van der Waals surface area contributed by atoms with Crippen LogP contribution in [0.3, 0.4) is 0 Å². The molecule has 39 heavy (non-hydrogen) atoms. The van der Waals surface area contributed by atoms with Crippen molar-refractivity contribution in [2.24, 2.45) is 0 Å². The summed E-state index contributed by atoms with van der Waals surface area (Å²) in [5.41, 5.74) is 3.01. The van der Waals surface area contributed by atoms with Crippen molar-refractivity contribution in [2.45, 2.75) is 13.1 Å². The lowest BCUT2D eigenvalue weighted by Gasteiger charge is -2.27. The predicted octanol–water partition coefficient (Wildman–Crippen LogP) is 5.55. The lowest BCUT2D eigenvalue weighted by atomic mass is 10.1. The highest BCUT2D eigenvalue weighted by molar-refractivity contribution is 6.10. The van der Waals surface area contributed by atoms with Crippen molar-refractivity contribution < 1.29 is 37.0 Å². The number of piperazine rings is 1. The highest BCUT2D eigenvalue weighted by Gasteiger charge is 2.38. The molecule has 5 rings (SSSR count). The number of amides is 1. The molecule has 1 aromatic heterocycles. The molecular weight excluding hydrogens is 518 g/mol. The Morgan fingerprint density at radius 2 is 1.56 bits per heavy atom. The van der Waals surface area contributed by atoms with E-state index in [-0.39, 0.29) is 11.7 Å². The largest absolute Gasteiger partial charge is 0.490 e. The topological polar surface area (TPSA) is 83.8 Å². The van der Waals surface area contributed by atoms with Gasteiger partial charge in [0.2, 0.25) is 5.88 Å². The quantitative estimate of drug-likeness (QED) is 0.330. The monoisotopic (exact) mass is 543 g/mol. The number of ether oxygens (including phenoxy) is 1. The number of carboxylic acids is 1. The van der Waals surface area contributed by atoms with Crippen molar-refractivity contribution in [3.8, 4) is 17.3 Å². The predicted molar refractivity (Wildman–Crippen MR) is 137 cm³/mol. The second-order valence-electron chi connectivity index (χ2n) is 8.73. The maximum absolute atomic E-state index is 14.1. The fourth-order valence-electron chi connectivity index (χ4n) is 4.17. The second kappa shape index (κ2) is 11.6. The minimum atomic E-state index is -5.08. The third-order valence-electron chi connectivity index (χ3n) is 6.06. The summed E-state index contributed by atoms with van der Waals surface area (Å²) < 4.78 is 54.1. The first-order valence-corrected chi connectivity index (χ1v) is 12.0. The number of nitrogens with one attached hydrogen (secondary N) is 1. The van der Waals surface area contributed by atoms with Gasteiger partial charge in [0.25, 0.3) is 5.91 Å². The van der Waals surface area contributed by atoms with Gasteiger partial charge in [-0.2, -0.15) is 13.2 Å². The van der Waals surface area contributed by atoms with Gasteiger partial charge in [-0.1, -0.05) is 42.5 Å². The molecule has 0 aliphatic carbocycles. The Balaban J connectivity index is 0.000000448. The molecule has 0 spiro atoms. The van der Waals surface area contributed by atoms with Crippen LogP contribution in [0.25, 0.3) is 16.6 Å². The van der Waals surface area contributed by atoms with Crippen molar-refractivity contribution in [1.29, 1.82) is 0 Å². The molecule has 0 atom stereocenters. The Labute approximate surface area is 221 Å². The SMILES string of the molecule is Cc1ccc(F)cc1Oc1c(C(=O)N2CCNCC2)c2ccccc2n1-c1ccccc1.O=C(O)C(F)(F)F. The van der Waals surface area contributed by atoms with E-state index in [1.807, 2.05) is 71.0 Å². The zero-order chi connectivity index (χ0) is 28.2. The fourth-order valence-corrected chi connectivity index (χ4v) is 4.17. The molecule has 3 aromatic carbocycles. The van der Waals surface area contributed by atoms with Gasteiger partial charge in [-0.05, 0) is 36.8 Å². The van der Waals surface area contributed by atoms with Gasteiger partial charge in [0, 0.05) is 43.3 Å². The number of aryl methyl sites for hydroxylation is 1. The summed E-state index contributed by atoms with van der Waals surface area (Å²) in [5.74, 6) is -2.44. The van der Waals surface area contributed by atoms with Gasteiger partial charge in [0.1, 0.15) is 17.1 Å². The summed E-state index contributed by atoms with van der Waals surface area (Å²) in [6.45, 7) is 4.62. The molecule has 2 heterocycles. The molecule has 0 unspecified atom stereocenters. The van der Waals surface area contributed by atoms with Gasteiger partial charge < -0.3 is 20.1 Å². The van der Waals surface area contributed by atoms with Crippen LogP contribution in [-0.2, 0) is 4.79 Å². The molecule has 11 heteroatoms. The Hall–Kier alpha value is -4.38. The van der Waals surface area contributed by atoms with E-state index in [0.717, 1.165) is 35.2 Å². The van der Waals surface area contributed by atoms with Gasteiger partial charge in [-0.15, -0.1) is 0 Å². The lowest BCUT2D eigenvalue weighted by Crippen LogP contribution is -2.46. The molecular formula is C28H25F4N3O4. The molecule has 0 radical (unpaired) electrons. The number of aromatic nitrogens is 1. The Kier molecular flexibility index (Phi) is 8.20. The van der Waals surface area contributed by atoms with Crippen LogP contribution < -0.4 is 10.1 Å². The van der Waals surface area contributed by atoms with E-state index in [9.17, 15) is 22.4 Å². The molecule has 4 aromatic rings. The summed E-state index contributed by atoms with van der Waals surface area (Å²) in [6, 6.07) is 22.0. The van der Waals surface area contributed by atoms with Crippen molar-refractivity contribution in [3.05, 3.63) is 89.7 Å². The summed E-state index contributed by atoms with van der Waals surface area (Å²) in [7, 11) is 0. The summed E-state index contributed by atoms with van der Waals surface area (Å²) in [4.78, 5) is 24.5. The van der Waals surface area contributed by atoms with Crippen molar-refractivity contribution in [3.63, 3.8) is 0 Å². The van der Waals surface area contributed by atoms with Gasteiger partial charge in [0.05, 0.1) is 5.52 Å². The summed E-state index contributed by atoms with van der Waals surface area (Å²) in [6.07, 6.45) is -5.08. The molecule has 1 saturated heterocycles. The number of rotatable bonds is 4. The van der Waals surface area contributed by atoms with E-state index in [1.54, 1.807) is 6.07 Å². The zero-order valence-corrected chi connectivity index (χ0v) is 20.8. The van der Waals surface area contributed by atoms with Gasteiger partial charge in [-0.3, -0.25) is 9.36 Å².